The highest BCUT2D eigenvalue weighted by Gasteiger charge is 2.25. The van der Waals surface area contributed by atoms with Gasteiger partial charge in [0, 0.05) is 12.4 Å². The molecule has 0 radical (unpaired) electrons. The van der Waals surface area contributed by atoms with Gasteiger partial charge in [0.1, 0.15) is 12.8 Å². The van der Waals surface area contributed by atoms with E-state index in [0.29, 0.717) is 5.56 Å². The molecule has 7 heteroatoms. The Morgan fingerprint density at radius 3 is 2.12 bits per heavy atom. The number of aliphatic hydroxyl groups is 1. The SMILES string of the molecule is CC.O=C(NC(CF)C(O)c1ccc(-c2ccncc2)cc1)C(Cl)Cl. The Morgan fingerprint density at radius 1 is 1.12 bits per heavy atom. The molecule has 0 spiro atoms. The predicted molar refractivity (Wildman–Crippen MR) is 99.4 cm³/mol. The van der Waals surface area contributed by atoms with Crippen molar-refractivity contribution in [2.75, 3.05) is 6.67 Å². The number of nitrogens with one attached hydrogen (secondary N) is 1. The number of nitrogens with zero attached hydrogens (tertiary/aromatic N) is 1. The minimum Gasteiger partial charge on any atom is -0.386 e. The largest absolute Gasteiger partial charge is 0.386 e. The third kappa shape index (κ3) is 6.27. The zero-order valence-electron chi connectivity index (χ0n) is 14.0. The van der Waals surface area contributed by atoms with Gasteiger partial charge in [0.15, 0.2) is 4.84 Å². The average Bonchev–Trinajstić information content (AvgIpc) is 2.67. The number of aliphatic hydroxyl groups excluding tert-OH is 1. The van der Waals surface area contributed by atoms with E-state index in [9.17, 15) is 14.3 Å². The number of alkyl halides is 3. The van der Waals surface area contributed by atoms with Gasteiger partial charge in [0.2, 0.25) is 0 Å². The first kappa shape index (κ1) is 21.4. The van der Waals surface area contributed by atoms with Gasteiger partial charge in [-0.25, -0.2) is 4.39 Å². The summed E-state index contributed by atoms with van der Waals surface area (Å²) >= 11 is 10.8. The molecular weight excluding hydrogens is 366 g/mol. The van der Waals surface area contributed by atoms with Crippen molar-refractivity contribution in [3.05, 3.63) is 54.4 Å². The normalized spacial score (nSPS) is 12.8. The Bertz CT molecular complexity index is 639. The Hall–Kier alpha value is -1.69. The molecule has 0 aliphatic rings. The topological polar surface area (TPSA) is 62.2 Å². The first-order valence-corrected chi connectivity index (χ1v) is 8.73. The maximum atomic E-state index is 13.1. The van der Waals surface area contributed by atoms with Crippen molar-refractivity contribution in [3.8, 4) is 11.1 Å². The molecule has 0 fully saturated rings. The Labute approximate surface area is 157 Å². The molecule has 136 valence electrons. The fraction of sp³-hybridized carbons (Fsp3) is 0.333. The van der Waals surface area contributed by atoms with E-state index in [2.05, 4.69) is 10.3 Å². The molecule has 0 saturated heterocycles. The molecule has 0 aliphatic heterocycles. The number of carbonyl (C=O) groups is 1. The third-order valence-corrected chi connectivity index (χ3v) is 3.74. The van der Waals surface area contributed by atoms with Gasteiger partial charge in [0.25, 0.3) is 5.91 Å². The minimum absolute atomic E-state index is 0.478. The van der Waals surface area contributed by atoms with Crippen molar-refractivity contribution in [3.63, 3.8) is 0 Å². The monoisotopic (exact) mass is 386 g/mol. The molecule has 2 N–H and O–H groups in total. The lowest BCUT2D eigenvalue weighted by atomic mass is 9.99. The first-order chi connectivity index (χ1) is 12.0. The molecule has 25 heavy (non-hydrogen) atoms. The van der Waals surface area contributed by atoms with Crippen LogP contribution < -0.4 is 5.32 Å². The molecule has 2 atom stereocenters. The molecule has 4 nitrogen and oxygen atoms in total. The van der Waals surface area contributed by atoms with Crippen LogP contribution >= 0.6 is 23.2 Å². The number of amides is 1. The lowest BCUT2D eigenvalue weighted by molar-refractivity contribution is -0.121. The van der Waals surface area contributed by atoms with Gasteiger partial charge in [-0.2, -0.15) is 0 Å². The maximum absolute atomic E-state index is 13.1. The zero-order valence-corrected chi connectivity index (χ0v) is 15.5. The second-order valence-electron chi connectivity index (χ2n) is 4.87. The fourth-order valence-electron chi connectivity index (χ4n) is 2.10. The van der Waals surface area contributed by atoms with Crippen LogP contribution in [-0.2, 0) is 4.79 Å². The van der Waals surface area contributed by atoms with Crippen molar-refractivity contribution < 1.29 is 14.3 Å². The summed E-state index contributed by atoms with van der Waals surface area (Å²) in [5.41, 5.74) is 2.39. The van der Waals surface area contributed by atoms with E-state index in [1.54, 1.807) is 36.7 Å². The van der Waals surface area contributed by atoms with E-state index < -0.39 is 29.6 Å². The highest BCUT2D eigenvalue weighted by atomic mass is 35.5. The summed E-state index contributed by atoms with van der Waals surface area (Å²) in [6.45, 7) is 3.06. The number of benzene rings is 1. The van der Waals surface area contributed by atoms with Crippen molar-refractivity contribution in [2.24, 2.45) is 0 Å². The fourth-order valence-corrected chi connectivity index (χ4v) is 2.22. The summed E-state index contributed by atoms with van der Waals surface area (Å²) in [5.74, 6) is -0.747. The van der Waals surface area contributed by atoms with Gasteiger partial charge in [-0.05, 0) is 28.8 Å². The van der Waals surface area contributed by atoms with E-state index in [0.717, 1.165) is 11.1 Å². The van der Waals surface area contributed by atoms with Gasteiger partial charge < -0.3 is 10.4 Å². The molecule has 1 aromatic heterocycles. The average molecular weight is 387 g/mol. The van der Waals surface area contributed by atoms with Crippen LogP contribution in [0.1, 0.15) is 25.5 Å². The van der Waals surface area contributed by atoms with Crippen LogP contribution in [0.3, 0.4) is 0 Å². The number of hydrogen-bond donors (Lipinski definition) is 2. The number of carbonyl (C=O) groups excluding carboxylic acids is 1. The highest BCUT2D eigenvalue weighted by molar-refractivity contribution is 6.53. The highest BCUT2D eigenvalue weighted by Crippen LogP contribution is 2.23. The van der Waals surface area contributed by atoms with Crippen molar-refractivity contribution in [2.45, 2.75) is 30.8 Å². The Kier molecular flexibility index (Phi) is 9.42. The second kappa shape index (κ2) is 11.0. The van der Waals surface area contributed by atoms with Gasteiger partial charge >= 0.3 is 0 Å². The summed E-state index contributed by atoms with van der Waals surface area (Å²) in [6, 6.07) is 9.55. The number of pyridine rings is 1. The molecule has 1 heterocycles. The molecule has 0 bridgehead atoms. The summed E-state index contributed by atoms with van der Waals surface area (Å²) in [6.07, 6.45) is 2.16. The zero-order chi connectivity index (χ0) is 18.8. The van der Waals surface area contributed by atoms with Crippen LogP contribution in [0.5, 0.6) is 0 Å². The van der Waals surface area contributed by atoms with Crippen molar-refractivity contribution in [1.82, 2.24) is 10.3 Å². The first-order valence-electron chi connectivity index (χ1n) is 7.86. The van der Waals surface area contributed by atoms with Gasteiger partial charge in [-0.1, -0.05) is 61.3 Å². The molecule has 0 aliphatic carbocycles. The van der Waals surface area contributed by atoms with E-state index >= 15 is 0 Å². The second-order valence-corrected chi connectivity index (χ2v) is 5.97. The molecule has 0 saturated carbocycles. The van der Waals surface area contributed by atoms with Gasteiger partial charge in [0.05, 0.1) is 6.04 Å². The lowest BCUT2D eigenvalue weighted by Gasteiger charge is -2.22. The van der Waals surface area contributed by atoms with Crippen molar-refractivity contribution in [1.29, 1.82) is 0 Å². The van der Waals surface area contributed by atoms with E-state index in [1.165, 1.54) is 0 Å². The lowest BCUT2D eigenvalue weighted by Crippen LogP contribution is -2.43. The van der Waals surface area contributed by atoms with Crippen LogP contribution in [0.2, 0.25) is 0 Å². The van der Waals surface area contributed by atoms with E-state index in [1.807, 2.05) is 26.0 Å². The number of rotatable bonds is 6. The summed E-state index contributed by atoms with van der Waals surface area (Å²) in [5, 5.41) is 12.5. The van der Waals surface area contributed by atoms with Crippen LogP contribution in [0.15, 0.2) is 48.8 Å². The number of hydrogen-bond acceptors (Lipinski definition) is 3. The third-order valence-electron chi connectivity index (χ3n) is 3.34. The van der Waals surface area contributed by atoms with E-state index in [-0.39, 0.29) is 0 Å². The molecule has 1 amide bonds. The standard InChI is InChI=1S/C16H15Cl2FN2O2.C2H6/c17-15(18)16(23)21-13(9-19)14(22)12-3-1-10(2-4-12)11-5-7-20-8-6-11;1-2/h1-8,13-15,22H,9H2,(H,21,23);1-2H3. The molecule has 2 rings (SSSR count). The Morgan fingerprint density at radius 2 is 1.64 bits per heavy atom. The number of aromatic nitrogens is 1. The van der Waals surface area contributed by atoms with Crippen LogP contribution in [0, 0.1) is 0 Å². The molecular formula is C18H21Cl2FN2O2. The van der Waals surface area contributed by atoms with Crippen LogP contribution in [0.4, 0.5) is 4.39 Å². The van der Waals surface area contributed by atoms with E-state index in [4.69, 9.17) is 23.2 Å². The molecule has 1 aromatic carbocycles. The Balaban J connectivity index is 0.00000151. The molecule has 2 aromatic rings. The molecule has 2 unspecified atom stereocenters. The quantitative estimate of drug-likeness (QED) is 0.735. The van der Waals surface area contributed by atoms with Gasteiger partial charge in [-0.3, -0.25) is 9.78 Å². The number of halogens is 3. The summed E-state index contributed by atoms with van der Waals surface area (Å²) in [4.78, 5) is 14.1. The van der Waals surface area contributed by atoms with Crippen LogP contribution in [0.25, 0.3) is 11.1 Å². The summed E-state index contributed by atoms with van der Waals surface area (Å²) in [7, 11) is 0. The van der Waals surface area contributed by atoms with Crippen molar-refractivity contribution >= 4 is 29.1 Å². The maximum Gasteiger partial charge on any atom is 0.253 e. The van der Waals surface area contributed by atoms with Crippen LogP contribution in [-0.4, -0.2) is 33.6 Å². The van der Waals surface area contributed by atoms with Gasteiger partial charge in [-0.15, -0.1) is 0 Å². The predicted octanol–water partition coefficient (Wildman–Crippen LogP) is 4.07. The smallest absolute Gasteiger partial charge is 0.253 e. The summed E-state index contributed by atoms with van der Waals surface area (Å²) < 4.78 is 13.1. The minimum atomic E-state index is -1.31.